The lowest BCUT2D eigenvalue weighted by molar-refractivity contribution is -0.210. The van der Waals surface area contributed by atoms with E-state index in [9.17, 15) is 5.11 Å². The van der Waals surface area contributed by atoms with E-state index in [2.05, 4.69) is 12.5 Å². The van der Waals surface area contributed by atoms with Crippen LogP contribution in [0.5, 0.6) is 0 Å². The number of hydrogen-bond donors (Lipinski definition) is 1. The van der Waals surface area contributed by atoms with E-state index >= 15 is 0 Å². The van der Waals surface area contributed by atoms with Crippen molar-refractivity contribution < 1.29 is 33.5 Å². The molecule has 0 saturated heterocycles. The van der Waals surface area contributed by atoms with Gasteiger partial charge in [-0.1, -0.05) is 12.0 Å². The van der Waals surface area contributed by atoms with Crippen molar-refractivity contribution in [2.75, 3.05) is 41.7 Å². The highest BCUT2D eigenvalue weighted by Gasteiger charge is 2.35. The molecular formula is C14H24O7. The minimum Gasteiger partial charge on any atom is -0.386 e. The first-order valence-electron chi connectivity index (χ1n) is 6.24. The fourth-order valence-corrected chi connectivity index (χ4v) is 1.55. The van der Waals surface area contributed by atoms with E-state index in [0.717, 1.165) is 0 Å². The lowest BCUT2D eigenvalue weighted by atomic mass is 10.0. The molecule has 0 aromatic heterocycles. The monoisotopic (exact) mass is 304 g/mol. The zero-order valence-corrected chi connectivity index (χ0v) is 12.7. The number of rotatable bonds is 13. The Kier molecular flexibility index (Phi) is 12.1. The molecule has 7 heteroatoms. The van der Waals surface area contributed by atoms with Crippen LogP contribution in [0.3, 0.4) is 0 Å². The van der Waals surface area contributed by atoms with Crippen LogP contribution in [-0.2, 0) is 28.4 Å². The van der Waals surface area contributed by atoms with Crippen LogP contribution in [0.1, 0.15) is 0 Å². The summed E-state index contributed by atoms with van der Waals surface area (Å²) in [5, 5.41) is 10.0. The highest BCUT2D eigenvalue weighted by Crippen LogP contribution is 2.16. The molecule has 0 bridgehead atoms. The van der Waals surface area contributed by atoms with Crippen LogP contribution in [-0.4, -0.2) is 71.2 Å². The molecular weight excluding hydrogens is 280 g/mol. The molecule has 0 unspecified atom stereocenters. The van der Waals surface area contributed by atoms with Gasteiger partial charge in [0.1, 0.15) is 44.8 Å². The molecule has 0 spiro atoms. The highest BCUT2D eigenvalue weighted by atomic mass is 16.7. The van der Waals surface area contributed by atoms with Crippen molar-refractivity contribution in [3.8, 4) is 12.3 Å². The van der Waals surface area contributed by atoms with Crippen LogP contribution in [0.15, 0.2) is 12.7 Å². The molecule has 0 rings (SSSR count). The topological polar surface area (TPSA) is 75.6 Å². The standard InChI is InChI=1S/C14H24O7/c1-6-11(15)13(20-9-17-4)14(21-10-18-5)12(7-2)19-8-16-3/h2,6,11-15H,1,8-10H2,3-5H3/t11-,12+,13+,14-/m0/s1. The molecule has 0 aromatic carbocycles. The number of aliphatic hydroxyl groups excluding tert-OH is 1. The maximum absolute atomic E-state index is 10.0. The second kappa shape index (κ2) is 12.7. The molecule has 0 heterocycles. The number of terminal acetylenes is 1. The van der Waals surface area contributed by atoms with Gasteiger partial charge in [-0.2, -0.15) is 0 Å². The van der Waals surface area contributed by atoms with Crippen LogP contribution in [0.4, 0.5) is 0 Å². The van der Waals surface area contributed by atoms with Gasteiger partial charge in [0.15, 0.2) is 0 Å². The van der Waals surface area contributed by atoms with Crippen LogP contribution in [0.2, 0.25) is 0 Å². The summed E-state index contributed by atoms with van der Waals surface area (Å²) in [6.07, 6.45) is 3.29. The van der Waals surface area contributed by atoms with Crippen LogP contribution >= 0.6 is 0 Å². The van der Waals surface area contributed by atoms with Gasteiger partial charge >= 0.3 is 0 Å². The molecule has 21 heavy (non-hydrogen) atoms. The first-order valence-corrected chi connectivity index (χ1v) is 6.24. The third-order valence-electron chi connectivity index (χ3n) is 2.49. The average molecular weight is 304 g/mol. The largest absolute Gasteiger partial charge is 0.386 e. The number of methoxy groups -OCH3 is 3. The number of ether oxygens (including phenoxy) is 6. The van der Waals surface area contributed by atoms with Crippen molar-refractivity contribution in [1.82, 2.24) is 0 Å². The van der Waals surface area contributed by atoms with Gasteiger partial charge in [0.2, 0.25) is 0 Å². The van der Waals surface area contributed by atoms with E-state index in [1.54, 1.807) is 0 Å². The SMILES string of the molecule is C#C[C@@H](OCOC)[C@H](OCOC)[C@H](OCOC)[C@@H](O)C=C. The number of hydrogen-bond acceptors (Lipinski definition) is 7. The zero-order chi connectivity index (χ0) is 16.1. The van der Waals surface area contributed by atoms with Crippen molar-refractivity contribution in [2.24, 2.45) is 0 Å². The Balaban J connectivity index is 5.07. The molecule has 0 aliphatic carbocycles. The molecule has 0 saturated carbocycles. The molecule has 0 aromatic rings. The maximum atomic E-state index is 10.0. The third-order valence-corrected chi connectivity index (χ3v) is 2.49. The first-order chi connectivity index (χ1) is 10.2. The van der Waals surface area contributed by atoms with Crippen molar-refractivity contribution >= 4 is 0 Å². The Hall–Kier alpha value is -0.980. The minimum atomic E-state index is -1.02. The molecule has 0 amide bonds. The fourth-order valence-electron chi connectivity index (χ4n) is 1.55. The predicted molar refractivity (Wildman–Crippen MR) is 75.3 cm³/mol. The summed E-state index contributed by atoms with van der Waals surface area (Å²) in [5.74, 6) is 2.43. The quantitative estimate of drug-likeness (QED) is 0.294. The van der Waals surface area contributed by atoms with E-state index in [-0.39, 0.29) is 20.4 Å². The van der Waals surface area contributed by atoms with Crippen LogP contribution in [0, 0.1) is 12.3 Å². The predicted octanol–water partition coefficient (Wildman–Crippen LogP) is 0.134. The summed E-state index contributed by atoms with van der Waals surface area (Å²) in [5.41, 5.74) is 0. The van der Waals surface area contributed by atoms with E-state index in [1.165, 1.54) is 27.4 Å². The molecule has 122 valence electrons. The summed E-state index contributed by atoms with van der Waals surface area (Å²) in [7, 11) is 4.39. The molecule has 0 fully saturated rings. The molecule has 4 atom stereocenters. The summed E-state index contributed by atoms with van der Waals surface area (Å²) >= 11 is 0. The average Bonchev–Trinajstić information content (AvgIpc) is 2.51. The normalized spacial score (nSPS) is 16.7. The summed E-state index contributed by atoms with van der Waals surface area (Å²) in [6.45, 7) is 3.40. The van der Waals surface area contributed by atoms with Crippen molar-refractivity contribution in [1.29, 1.82) is 0 Å². The third kappa shape index (κ3) is 7.55. The van der Waals surface area contributed by atoms with Crippen molar-refractivity contribution in [3.05, 3.63) is 12.7 Å². The summed E-state index contributed by atoms with van der Waals surface area (Å²) < 4.78 is 30.8. The van der Waals surface area contributed by atoms with Gasteiger partial charge in [0.05, 0.1) is 0 Å². The van der Waals surface area contributed by atoms with Gasteiger partial charge < -0.3 is 33.5 Å². The highest BCUT2D eigenvalue weighted by molar-refractivity contribution is 5.04. The Morgan fingerprint density at radius 2 is 1.48 bits per heavy atom. The summed E-state index contributed by atoms with van der Waals surface area (Å²) in [6, 6.07) is 0. The fraction of sp³-hybridized carbons (Fsp3) is 0.714. The van der Waals surface area contributed by atoms with E-state index < -0.39 is 24.4 Å². The van der Waals surface area contributed by atoms with E-state index in [1.807, 2.05) is 0 Å². The minimum absolute atomic E-state index is 0.0249. The molecule has 0 aliphatic heterocycles. The van der Waals surface area contributed by atoms with Gasteiger partial charge in [-0.25, -0.2) is 0 Å². The van der Waals surface area contributed by atoms with Crippen molar-refractivity contribution in [2.45, 2.75) is 24.4 Å². The van der Waals surface area contributed by atoms with Gasteiger partial charge in [0.25, 0.3) is 0 Å². The van der Waals surface area contributed by atoms with Crippen LogP contribution in [0.25, 0.3) is 0 Å². The van der Waals surface area contributed by atoms with Gasteiger partial charge in [-0.05, 0) is 0 Å². The Labute approximate surface area is 125 Å². The van der Waals surface area contributed by atoms with Crippen LogP contribution < -0.4 is 0 Å². The van der Waals surface area contributed by atoms with Gasteiger partial charge in [0, 0.05) is 21.3 Å². The van der Waals surface area contributed by atoms with Crippen molar-refractivity contribution in [3.63, 3.8) is 0 Å². The zero-order valence-electron chi connectivity index (χ0n) is 12.7. The Bertz CT molecular complexity index is 302. The molecule has 7 nitrogen and oxygen atoms in total. The van der Waals surface area contributed by atoms with E-state index in [0.29, 0.717) is 0 Å². The Morgan fingerprint density at radius 3 is 1.90 bits per heavy atom. The second-order valence-electron chi connectivity index (χ2n) is 3.96. The Morgan fingerprint density at radius 1 is 1.00 bits per heavy atom. The van der Waals surface area contributed by atoms with Gasteiger partial charge in [-0.3, -0.25) is 0 Å². The van der Waals surface area contributed by atoms with Gasteiger partial charge in [-0.15, -0.1) is 13.0 Å². The molecule has 0 radical (unpaired) electrons. The maximum Gasteiger partial charge on any atom is 0.149 e. The number of aliphatic hydroxyl groups is 1. The lowest BCUT2D eigenvalue weighted by Crippen LogP contribution is -2.48. The summed E-state index contributed by atoms with van der Waals surface area (Å²) in [4.78, 5) is 0. The first kappa shape index (κ1) is 20.0. The smallest absolute Gasteiger partial charge is 0.149 e. The lowest BCUT2D eigenvalue weighted by Gasteiger charge is -2.32. The molecule has 0 aliphatic rings. The van der Waals surface area contributed by atoms with E-state index in [4.69, 9.17) is 34.8 Å². The molecule has 1 N–H and O–H groups in total. The second-order valence-corrected chi connectivity index (χ2v) is 3.96.